The monoisotopic (exact) mass is 274 g/mol. The number of aliphatic hydroxyl groups is 1. The van der Waals surface area contributed by atoms with Crippen molar-refractivity contribution >= 4 is 8.32 Å². The molecule has 110 valence electrons. The first-order valence-electron chi connectivity index (χ1n) is 7.84. The molecule has 0 aliphatic carbocycles. The topological polar surface area (TPSA) is 29.5 Å². The van der Waals surface area contributed by atoms with Crippen LogP contribution in [0.2, 0.25) is 19.1 Å². The molecule has 0 bridgehead atoms. The molecule has 0 aromatic carbocycles. The quantitative estimate of drug-likeness (QED) is 0.412. The SMILES string of the molecule is CCCC[Si](C)(C)OCCCCCCC(O)CC. The van der Waals surface area contributed by atoms with Gasteiger partial charge < -0.3 is 9.53 Å². The minimum absolute atomic E-state index is 0.0818. The van der Waals surface area contributed by atoms with Gasteiger partial charge in [-0.25, -0.2) is 0 Å². The molecule has 0 spiro atoms. The summed E-state index contributed by atoms with van der Waals surface area (Å²) in [5.74, 6) is 0. The molecule has 0 saturated heterocycles. The highest BCUT2D eigenvalue weighted by atomic mass is 28.4. The highest BCUT2D eigenvalue weighted by molar-refractivity contribution is 6.71. The normalized spacial score (nSPS) is 13.8. The Kier molecular flexibility index (Phi) is 11.1. The van der Waals surface area contributed by atoms with E-state index in [0.29, 0.717) is 0 Å². The lowest BCUT2D eigenvalue weighted by Crippen LogP contribution is -2.30. The molecular formula is C15H34O2Si. The lowest BCUT2D eigenvalue weighted by atomic mass is 10.1. The van der Waals surface area contributed by atoms with Crippen molar-refractivity contribution in [1.82, 2.24) is 0 Å². The highest BCUT2D eigenvalue weighted by Gasteiger charge is 2.20. The predicted octanol–water partition coefficient (Wildman–Crippen LogP) is 4.73. The number of unbranched alkanes of at least 4 members (excludes halogenated alkanes) is 4. The maximum atomic E-state index is 9.43. The van der Waals surface area contributed by atoms with Crippen molar-refractivity contribution in [3.8, 4) is 0 Å². The minimum Gasteiger partial charge on any atom is -0.417 e. The molecule has 0 aromatic heterocycles. The van der Waals surface area contributed by atoms with Crippen LogP contribution in [-0.2, 0) is 4.43 Å². The molecule has 0 aromatic rings. The van der Waals surface area contributed by atoms with Crippen molar-refractivity contribution in [2.75, 3.05) is 6.61 Å². The van der Waals surface area contributed by atoms with Crippen LogP contribution >= 0.6 is 0 Å². The van der Waals surface area contributed by atoms with Gasteiger partial charge >= 0.3 is 0 Å². The zero-order valence-electron chi connectivity index (χ0n) is 13.0. The average molecular weight is 275 g/mol. The van der Waals surface area contributed by atoms with Crippen molar-refractivity contribution < 1.29 is 9.53 Å². The molecule has 0 fully saturated rings. The zero-order chi connectivity index (χ0) is 13.9. The first-order chi connectivity index (χ1) is 8.52. The Hall–Kier alpha value is 0.137. The second-order valence-electron chi connectivity index (χ2n) is 5.98. The second-order valence-corrected chi connectivity index (χ2v) is 10.3. The molecule has 0 aliphatic heterocycles. The third-order valence-electron chi connectivity index (χ3n) is 3.53. The van der Waals surface area contributed by atoms with Gasteiger partial charge in [0.15, 0.2) is 8.32 Å². The average Bonchev–Trinajstić information content (AvgIpc) is 2.34. The molecule has 1 N–H and O–H groups in total. The Morgan fingerprint density at radius 2 is 1.67 bits per heavy atom. The summed E-state index contributed by atoms with van der Waals surface area (Å²) in [6, 6.07) is 1.30. The van der Waals surface area contributed by atoms with Crippen LogP contribution in [0.15, 0.2) is 0 Å². The van der Waals surface area contributed by atoms with Gasteiger partial charge in [-0.2, -0.15) is 0 Å². The van der Waals surface area contributed by atoms with Gasteiger partial charge in [-0.05, 0) is 38.4 Å². The number of aliphatic hydroxyl groups excluding tert-OH is 1. The summed E-state index contributed by atoms with van der Waals surface area (Å²) in [4.78, 5) is 0. The fourth-order valence-electron chi connectivity index (χ4n) is 2.06. The molecule has 0 heterocycles. The first kappa shape index (κ1) is 18.1. The number of hydrogen-bond acceptors (Lipinski definition) is 2. The van der Waals surface area contributed by atoms with Gasteiger partial charge in [-0.15, -0.1) is 0 Å². The molecule has 18 heavy (non-hydrogen) atoms. The van der Waals surface area contributed by atoms with Crippen molar-refractivity contribution in [3.05, 3.63) is 0 Å². The van der Waals surface area contributed by atoms with Crippen LogP contribution in [-0.4, -0.2) is 26.1 Å². The summed E-state index contributed by atoms with van der Waals surface area (Å²) in [7, 11) is -1.36. The zero-order valence-corrected chi connectivity index (χ0v) is 14.0. The molecule has 0 rings (SSSR count). The summed E-state index contributed by atoms with van der Waals surface area (Å²) in [5.41, 5.74) is 0. The van der Waals surface area contributed by atoms with E-state index in [9.17, 15) is 5.11 Å². The fraction of sp³-hybridized carbons (Fsp3) is 1.00. The van der Waals surface area contributed by atoms with Gasteiger partial charge in [0.25, 0.3) is 0 Å². The van der Waals surface area contributed by atoms with Crippen molar-refractivity contribution in [1.29, 1.82) is 0 Å². The van der Waals surface area contributed by atoms with Gasteiger partial charge in [0.1, 0.15) is 0 Å². The van der Waals surface area contributed by atoms with E-state index in [1.165, 1.54) is 38.1 Å². The summed E-state index contributed by atoms with van der Waals surface area (Å²) >= 11 is 0. The van der Waals surface area contributed by atoms with E-state index in [1.54, 1.807) is 0 Å². The smallest absolute Gasteiger partial charge is 0.186 e. The van der Waals surface area contributed by atoms with Crippen LogP contribution in [0.5, 0.6) is 0 Å². The predicted molar refractivity (Wildman–Crippen MR) is 82.5 cm³/mol. The van der Waals surface area contributed by atoms with Crippen LogP contribution in [0.25, 0.3) is 0 Å². The van der Waals surface area contributed by atoms with Crippen LogP contribution in [0, 0.1) is 0 Å². The number of rotatable bonds is 12. The van der Waals surface area contributed by atoms with E-state index in [-0.39, 0.29) is 6.10 Å². The van der Waals surface area contributed by atoms with Crippen molar-refractivity contribution in [2.45, 2.75) is 90.5 Å². The van der Waals surface area contributed by atoms with Crippen molar-refractivity contribution in [2.24, 2.45) is 0 Å². The standard InChI is InChI=1S/C15H34O2Si/c1-5-7-14-18(3,4)17-13-11-9-8-10-12-15(16)6-2/h15-16H,5-14H2,1-4H3. The molecule has 0 amide bonds. The molecule has 1 unspecified atom stereocenters. The van der Waals surface area contributed by atoms with E-state index in [2.05, 4.69) is 20.0 Å². The fourth-order valence-corrected chi connectivity index (χ4v) is 4.11. The molecule has 0 aliphatic rings. The van der Waals surface area contributed by atoms with E-state index >= 15 is 0 Å². The van der Waals surface area contributed by atoms with Gasteiger partial charge in [0.05, 0.1) is 6.10 Å². The number of hydrogen-bond donors (Lipinski definition) is 1. The summed E-state index contributed by atoms with van der Waals surface area (Å²) in [6.45, 7) is 9.90. The van der Waals surface area contributed by atoms with E-state index in [1.807, 2.05) is 6.92 Å². The Morgan fingerprint density at radius 3 is 2.28 bits per heavy atom. The van der Waals surface area contributed by atoms with Gasteiger partial charge in [-0.1, -0.05) is 46.0 Å². The molecule has 2 nitrogen and oxygen atoms in total. The second kappa shape index (κ2) is 11.0. The van der Waals surface area contributed by atoms with Gasteiger partial charge in [0, 0.05) is 6.61 Å². The Balaban J connectivity index is 3.34. The largest absolute Gasteiger partial charge is 0.417 e. The van der Waals surface area contributed by atoms with Crippen LogP contribution in [0.3, 0.4) is 0 Å². The summed E-state index contributed by atoms with van der Waals surface area (Å²) in [5, 5.41) is 9.43. The first-order valence-corrected chi connectivity index (χ1v) is 11.0. The summed E-state index contributed by atoms with van der Waals surface area (Å²) in [6.07, 6.45) is 9.19. The molecule has 0 saturated carbocycles. The maximum Gasteiger partial charge on any atom is 0.186 e. The maximum absolute atomic E-state index is 9.43. The molecule has 3 heteroatoms. The van der Waals surface area contributed by atoms with Crippen LogP contribution in [0.4, 0.5) is 0 Å². The molecule has 1 atom stereocenters. The van der Waals surface area contributed by atoms with Crippen LogP contribution in [0.1, 0.15) is 65.2 Å². The minimum atomic E-state index is -1.36. The molecule has 0 radical (unpaired) electrons. The highest BCUT2D eigenvalue weighted by Crippen LogP contribution is 2.16. The lowest BCUT2D eigenvalue weighted by molar-refractivity contribution is 0.156. The van der Waals surface area contributed by atoms with Gasteiger partial charge in [-0.3, -0.25) is 0 Å². The van der Waals surface area contributed by atoms with Crippen LogP contribution < -0.4 is 0 Å². The van der Waals surface area contributed by atoms with Gasteiger partial charge in [0.2, 0.25) is 0 Å². The van der Waals surface area contributed by atoms with E-state index in [0.717, 1.165) is 25.9 Å². The van der Waals surface area contributed by atoms with Crippen molar-refractivity contribution in [3.63, 3.8) is 0 Å². The third-order valence-corrected chi connectivity index (χ3v) is 6.07. The molecular weight excluding hydrogens is 240 g/mol. The Labute approximate surface area is 115 Å². The Morgan fingerprint density at radius 1 is 1.00 bits per heavy atom. The summed E-state index contributed by atoms with van der Waals surface area (Å²) < 4.78 is 6.07. The Bertz CT molecular complexity index is 183. The van der Waals surface area contributed by atoms with E-state index in [4.69, 9.17) is 4.43 Å². The van der Waals surface area contributed by atoms with E-state index < -0.39 is 8.32 Å². The lowest BCUT2D eigenvalue weighted by Gasteiger charge is -2.22. The third kappa shape index (κ3) is 11.2.